The van der Waals surface area contributed by atoms with Gasteiger partial charge in [0.15, 0.2) is 0 Å². The maximum absolute atomic E-state index is 10.1. The Morgan fingerprint density at radius 1 is 1.50 bits per heavy atom. The van der Waals surface area contributed by atoms with Crippen LogP contribution in [0, 0.1) is 5.92 Å². The van der Waals surface area contributed by atoms with Crippen molar-refractivity contribution >= 4 is 0 Å². The Hall–Kier alpha value is -0.870. The summed E-state index contributed by atoms with van der Waals surface area (Å²) < 4.78 is 7.34. The predicted octanol–water partition coefficient (Wildman–Crippen LogP) is 2.18. The quantitative estimate of drug-likeness (QED) is 0.844. The first kappa shape index (κ1) is 13.6. The van der Waals surface area contributed by atoms with Crippen LogP contribution in [0.25, 0.3) is 0 Å². The van der Waals surface area contributed by atoms with Gasteiger partial charge in [0.05, 0.1) is 24.4 Å². The van der Waals surface area contributed by atoms with Gasteiger partial charge in [-0.1, -0.05) is 13.8 Å². The highest BCUT2D eigenvalue weighted by atomic mass is 16.5. The Kier molecular flexibility index (Phi) is 4.78. The molecule has 1 aliphatic rings. The van der Waals surface area contributed by atoms with Gasteiger partial charge in [0.25, 0.3) is 0 Å². The second-order valence-corrected chi connectivity index (χ2v) is 5.15. The molecule has 2 atom stereocenters. The number of ether oxygens (including phenoxy) is 1. The van der Waals surface area contributed by atoms with E-state index in [-0.39, 0.29) is 12.0 Å². The molecule has 0 spiro atoms. The summed E-state index contributed by atoms with van der Waals surface area (Å²) in [6.07, 6.45) is 5.51. The maximum atomic E-state index is 10.1. The van der Waals surface area contributed by atoms with Gasteiger partial charge in [-0.05, 0) is 25.3 Å². The van der Waals surface area contributed by atoms with Crippen molar-refractivity contribution in [2.45, 2.75) is 51.7 Å². The van der Waals surface area contributed by atoms with Gasteiger partial charge in [-0.25, -0.2) is 0 Å². The zero-order valence-electron chi connectivity index (χ0n) is 11.4. The van der Waals surface area contributed by atoms with E-state index in [1.807, 2.05) is 16.9 Å². The molecule has 1 aliphatic heterocycles. The first-order valence-corrected chi connectivity index (χ1v) is 7.04. The predicted molar refractivity (Wildman–Crippen MR) is 70.5 cm³/mol. The number of nitrogens with zero attached hydrogens (tertiary/aromatic N) is 2. The largest absolute Gasteiger partial charge is 0.392 e. The summed E-state index contributed by atoms with van der Waals surface area (Å²) in [5, 5.41) is 14.7. The Morgan fingerprint density at radius 2 is 2.28 bits per heavy atom. The van der Waals surface area contributed by atoms with Crippen molar-refractivity contribution in [1.82, 2.24) is 9.78 Å². The second-order valence-electron chi connectivity index (χ2n) is 5.15. The van der Waals surface area contributed by atoms with Crippen LogP contribution in [0.1, 0.15) is 44.8 Å². The highest BCUT2D eigenvalue weighted by molar-refractivity contribution is 5.02. The standard InChI is InChI=1S/C14H24N2O2/c1-3-13(4-2)16-7-5-12(15-16)9-14(17)11-6-8-18-10-11/h5,7,11,13-14,17H,3-4,6,8-10H2,1-2H3. The maximum Gasteiger partial charge on any atom is 0.0650 e. The van der Waals surface area contributed by atoms with Crippen LogP contribution < -0.4 is 0 Å². The van der Waals surface area contributed by atoms with Crippen molar-refractivity contribution in [2.75, 3.05) is 13.2 Å². The highest BCUT2D eigenvalue weighted by Gasteiger charge is 2.24. The Labute approximate surface area is 109 Å². The van der Waals surface area contributed by atoms with E-state index in [1.165, 1.54) is 0 Å². The zero-order valence-corrected chi connectivity index (χ0v) is 11.4. The van der Waals surface area contributed by atoms with Gasteiger partial charge >= 0.3 is 0 Å². The zero-order chi connectivity index (χ0) is 13.0. The third kappa shape index (κ3) is 3.12. The summed E-state index contributed by atoms with van der Waals surface area (Å²) >= 11 is 0. The molecule has 4 nitrogen and oxygen atoms in total. The first-order valence-electron chi connectivity index (χ1n) is 7.04. The van der Waals surface area contributed by atoms with Gasteiger partial charge < -0.3 is 9.84 Å². The fraction of sp³-hybridized carbons (Fsp3) is 0.786. The molecule has 1 fully saturated rings. The fourth-order valence-electron chi connectivity index (χ4n) is 2.59. The molecule has 0 aliphatic carbocycles. The van der Waals surface area contributed by atoms with E-state index in [2.05, 4.69) is 18.9 Å². The summed E-state index contributed by atoms with van der Waals surface area (Å²) in [6, 6.07) is 2.50. The van der Waals surface area contributed by atoms with E-state index >= 15 is 0 Å². The van der Waals surface area contributed by atoms with Gasteiger partial charge in [-0.2, -0.15) is 5.10 Å². The van der Waals surface area contributed by atoms with Gasteiger partial charge in [0.2, 0.25) is 0 Å². The molecule has 1 N–H and O–H groups in total. The van der Waals surface area contributed by atoms with E-state index in [4.69, 9.17) is 4.74 Å². The van der Waals surface area contributed by atoms with Crippen LogP contribution in [0.3, 0.4) is 0 Å². The number of aromatic nitrogens is 2. The third-order valence-electron chi connectivity index (χ3n) is 3.91. The Morgan fingerprint density at radius 3 is 2.89 bits per heavy atom. The summed E-state index contributed by atoms with van der Waals surface area (Å²) in [5.74, 6) is 0.281. The molecule has 2 unspecified atom stereocenters. The van der Waals surface area contributed by atoms with Crippen LogP contribution >= 0.6 is 0 Å². The van der Waals surface area contributed by atoms with Crippen molar-refractivity contribution in [3.05, 3.63) is 18.0 Å². The third-order valence-corrected chi connectivity index (χ3v) is 3.91. The Balaban J connectivity index is 1.93. The van der Waals surface area contributed by atoms with Crippen molar-refractivity contribution < 1.29 is 9.84 Å². The topological polar surface area (TPSA) is 47.3 Å². The number of hydrogen-bond donors (Lipinski definition) is 1. The van der Waals surface area contributed by atoms with E-state index in [0.29, 0.717) is 19.1 Å². The van der Waals surface area contributed by atoms with Crippen molar-refractivity contribution in [3.63, 3.8) is 0 Å². The van der Waals surface area contributed by atoms with Crippen LogP contribution in [0.15, 0.2) is 12.3 Å². The summed E-state index contributed by atoms with van der Waals surface area (Å²) in [7, 11) is 0. The smallest absolute Gasteiger partial charge is 0.0650 e. The monoisotopic (exact) mass is 252 g/mol. The van der Waals surface area contributed by atoms with Crippen molar-refractivity contribution in [3.8, 4) is 0 Å². The molecule has 1 saturated heterocycles. The van der Waals surface area contributed by atoms with Crippen LogP contribution in [-0.4, -0.2) is 34.2 Å². The SMILES string of the molecule is CCC(CC)n1ccc(CC(O)C2CCOC2)n1. The number of rotatable bonds is 6. The van der Waals surface area contributed by atoms with Gasteiger partial charge in [0.1, 0.15) is 0 Å². The Bertz CT molecular complexity index is 354. The molecule has 0 aromatic carbocycles. The van der Waals surface area contributed by atoms with Gasteiger partial charge in [0, 0.05) is 25.1 Å². The lowest BCUT2D eigenvalue weighted by atomic mass is 9.98. The minimum Gasteiger partial charge on any atom is -0.392 e. The van der Waals surface area contributed by atoms with Crippen molar-refractivity contribution in [1.29, 1.82) is 0 Å². The van der Waals surface area contributed by atoms with Gasteiger partial charge in [-0.15, -0.1) is 0 Å². The lowest BCUT2D eigenvalue weighted by Gasteiger charge is -2.15. The molecular weight excluding hydrogens is 228 g/mol. The summed E-state index contributed by atoms with van der Waals surface area (Å²) in [6.45, 7) is 5.83. The first-order chi connectivity index (χ1) is 8.74. The molecule has 0 radical (unpaired) electrons. The average molecular weight is 252 g/mol. The normalized spacial score (nSPS) is 21.7. The average Bonchev–Trinajstić information content (AvgIpc) is 3.01. The minimum atomic E-state index is -0.322. The van der Waals surface area contributed by atoms with Crippen LogP contribution in [0.4, 0.5) is 0 Å². The number of hydrogen-bond acceptors (Lipinski definition) is 3. The van der Waals surface area contributed by atoms with Gasteiger partial charge in [-0.3, -0.25) is 4.68 Å². The molecule has 0 bridgehead atoms. The van der Waals surface area contributed by atoms with Crippen LogP contribution in [-0.2, 0) is 11.2 Å². The van der Waals surface area contributed by atoms with E-state index in [0.717, 1.165) is 31.6 Å². The molecule has 0 saturated carbocycles. The molecular formula is C14H24N2O2. The number of aliphatic hydroxyl groups is 1. The second kappa shape index (κ2) is 6.34. The molecule has 0 amide bonds. The summed E-state index contributed by atoms with van der Waals surface area (Å²) in [4.78, 5) is 0. The van der Waals surface area contributed by atoms with Crippen LogP contribution in [0.5, 0.6) is 0 Å². The molecule has 1 aromatic rings. The lowest BCUT2D eigenvalue weighted by molar-refractivity contribution is 0.0909. The molecule has 2 heterocycles. The molecule has 4 heteroatoms. The highest BCUT2D eigenvalue weighted by Crippen LogP contribution is 2.20. The van der Waals surface area contributed by atoms with Crippen LogP contribution in [0.2, 0.25) is 0 Å². The molecule has 2 rings (SSSR count). The van der Waals surface area contributed by atoms with E-state index in [1.54, 1.807) is 0 Å². The fourth-order valence-corrected chi connectivity index (χ4v) is 2.59. The molecule has 102 valence electrons. The number of aliphatic hydroxyl groups excluding tert-OH is 1. The molecule has 18 heavy (non-hydrogen) atoms. The molecule has 1 aromatic heterocycles. The summed E-state index contributed by atoms with van der Waals surface area (Å²) in [5.41, 5.74) is 0.987. The minimum absolute atomic E-state index is 0.281. The van der Waals surface area contributed by atoms with E-state index in [9.17, 15) is 5.11 Å². The lowest BCUT2D eigenvalue weighted by Crippen LogP contribution is -2.23. The van der Waals surface area contributed by atoms with Crippen molar-refractivity contribution in [2.24, 2.45) is 5.92 Å². The van der Waals surface area contributed by atoms with E-state index < -0.39 is 0 Å².